The third-order valence-corrected chi connectivity index (χ3v) is 2.87. The molecule has 0 aliphatic heterocycles. The standard InChI is InChI=1S/C11H8BrNO4/c1-16-7-5-8(12)11(9(6-7)13(14)15)10-3-2-4-17-10/h2-6H,1H3. The highest BCUT2D eigenvalue weighted by Gasteiger charge is 2.22. The normalized spacial score (nSPS) is 10.2. The molecule has 88 valence electrons. The lowest BCUT2D eigenvalue weighted by atomic mass is 10.1. The van der Waals surface area contributed by atoms with Gasteiger partial charge in [-0.15, -0.1) is 0 Å². The summed E-state index contributed by atoms with van der Waals surface area (Å²) in [4.78, 5) is 10.6. The molecule has 0 saturated heterocycles. The van der Waals surface area contributed by atoms with Crippen LogP contribution in [0.3, 0.4) is 0 Å². The zero-order chi connectivity index (χ0) is 12.4. The van der Waals surface area contributed by atoms with Crippen molar-refractivity contribution in [2.75, 3.05) is 7.11 Å². The van der Waals surface area contributed by atoms with Crippen LogP contribution < -0.4 is 4.74 Å². The van der Waals surface area contributed by atoms with Gasteiger partial charge in [-0.25, -0.2) is 0 Å². The average molecular weight is 298 g/mol. The maximum Gasteiger partial charge on any atom is 0.285 e. The summed E-state index contributed by atoms with van der Waals surface area (Å²) in [7, 11) is 1.46. The van der Waals surface area contributed by atoms with Crippen LogP contribution in [0.15, 0.2) is 39.4 Å². The van der Waals surface area contributed by atoms with E-state index < -0.39 is 4.92 Å². The van der Waals surface area contributed by atoms with Crippen molar-refractivity contribution < 1.29 is 14.1 Å². The SMILES string of the molecule is COc1cc(Br)c(-c2ccco2)c([N+](=O)[O-])c1. The molecule has 1 aromatic carbocycles. The summed E-state index contributed by atoms with van der Waals surface area (Å²) in [5.41, 5.74) is 0.340. The van der Waals surface area contributed by atoms with Gasteiger partial charge in [0.05, 0.1) is 24.4 Å². The van der Waals surface area contributed by atoms with Crippen molar-refractivity contribution in [3.63, 3.8) is 0 Å². The molecule has 1 aromatic heterocycles. The fraction of sp³-hybridized carbons (Fsp3) is 0.0909. The van der Waals surface area contributed by atoms with Gasteiger partial charge in [0, 0.05) is 4.47 Å². The van der Waals surface area contributed by atoms with E-state index >= 15 is 0 Å². The molecule has 0 fully saturated rings. The van der Waals surface area contributed by atoms with E-state index in [2.05, 4.69) is 15.9 Å². The molecule has 0 bridgehead atoms. The van der Waals surface area contributed by atoms with E-state index in [9.17, 15) is 10.1 Å². The molecular formula is C11H8BrNO4. The van der Waals surface area contributed by atoms with Gasteiger partial charge in [-0.1, -0.05) is 0 Å². The van der Waals surface area contributed by atoms with Crippen molar-refractivity contribution in [3.8, 4) is 17.1 Å². The van der Waals surface area contributed by atoms with Crippen molar-refractivity contribution >= 4 is 21.6 Å². The second-order valence-corrected chi connectivity index (χ2v) is 4.09. The molecule has 0 aliphatic carbocycles. The monoisotopic (exact) mass is 297 g/mol. The van der Waals surface area contributed by atoms with Crippen molar-refractivity contribution in [2.24, 2.45) is 0 Å². The fourth-order valence-corrected chi connectivity index (χ4v) is 2.12. The van der Waals surface area contributed by atoms with E-state index in [4.69, 9.17) is 9.15 Å². The summed E-state index contributed by atoms with van der Waals surface area (Å²) in [5, 5.41) is 11.0. The minimum absolute atomic E-state index is 0.0637. The number of rotatable bonds is 3. The summed E-state index contributed by atoms with van der Waals surface area (Å²) in [6.07, 6.45) is 1.47. The summed E-state index contributed by atoms with van der Waals surface area (Å²) < 4.78 is 10.7. The van der Waals surface area contributed by atoms with Gasteiger partial charge in [0.25, 0.3) is 5.69 Å². The number of furan rings is 1. The van der Waals surface area contributed by atoms with Crippen LogP contribution in [0.25, 0.3) is 11.3 Å². The first-order valence-corrected chi connectivity index (χ1v) is 5.48. The number of halogens is 1. The van der Waals surface area contributed by atoms with Crippen LogP contribution in [0.1, 0.15) is 0 Å². The van der Waals surface area contributed by atoms with Crippen LogP contribution in [0, 0.1) is 10.1 Å². The predicted octanol–water partition coefficient (Wildman–Crippen LogP) is 3.63. The van der Waals surface area contributed by atoms with Gasteiger partial charge in [-0.05, 0) is 34.1 Å². The van der Waals surface area contributed by atoms with Crippen LogP contribution >= 0.6 is 15.9 Å². The van der Waals surface area contributed by atoms with Gasteiger partial charge >= 0.3 is 0 Å². The Hall–Kier alpha value is -1.82. The number of methoxy groups -OCH3 is 1. The van der Waals surface area contributed by atoms with E-state index in [-0.39, 0.29) is 5.69 Å². The maximum absolute atomic E-state index is 11.0. The minimum Gasteiger partial charge on any atom is -0.496 e. The van der Waals surface area contributed by atoms with Crippen LogP contribution in [-0.4, -0.2) is 12.0 Å². The lowest BCUT2D eigenvalue weighted by Crippen LogP contribution is -1.94. The molecule has 1 heterocycles. The lowest BCUT2D eigenvalue weighted by Gasteiger charge is -2.06. The number of benzene rings is 1. The lowest BCUT2D eigenvalue weighted by molar-refractivity contribution is -0.384. The maximum atomic E-state index is 11.0. The molecule has 2 rings (SSSR count). The number of nitro benzene ring substituents is 1. The summed E-state index contributed by atoms with van der Waals surface area (Å²) in [6.45, 7) is 0. The first-order chi connectivity index (χ1) is 8.13. The zero-order valence-electron chi connectivity index (χ0n) is 8.84. The highest BCUT2D eigenvalue weighted by atomic mass is 79.9. The topological polar surface area (TPSA) is 65.5 Å². The highest BCUT2D eigenvalue weighted by Crippen LogP contribution is 2.39. The quantitative estimate of drug-likeness (QED) is 0.641. The fourth-order valence-electron chi connectivity index (χ4n) is 1.49. The van der Waals surface area contributed by atoms with E-state index in [1.54, 1.807) is 18.2 Å². The molecule has 0 saturated carbocycles. The first-order valence-electron chi connectivity index (χ1n) is 4.69. The summed E-state index contributed by atoms with van der Waals surface area (Å²) in [6, 6.07) is 6.36. The number of hydrogen-bond acceptors (Lipinski definition) is 4. The van der Waals surface area contributed by atoms with Crippen molar-refractivity contribution in [2.45, 2.75) is 0 Å². The van der Waals surface area contributed by atoms with Gasteiger partial charge in [-0.3, -0.25) is 10.1 Å². The van der Waals surface area contributed by atoms with Gasteiger partial charge < -0.3 is 9.15 Å². The molecular weight excluding hydrogens is 290 g/mol. The Labute approximate surface area is 105 Å². The molecule has 0 N–H and O–H groups in total. The third-order valence-electron chi connectivity index (χ3n) is 2.24. The third kappa shape index (κ3) is 2.16. The Bertz CT molecular complexity index is 551. The Morgan fingerprint density at radius 3 is 2.76 bits per heavy atom. The summed E-state index contributed by atoms with van der Waals surface area (Å²) >= 11 is 3.28. The molecule has 0 spiro atoms. The molecule has 2 aromatic rings. The second-order valence-electron chi connectivity index (χ2n) is 3.24. The predicted molar refractivity (Wildman–Crippen MR) is 65.1 cm³/mol. The zero-order valence-corrected chi connectivity index (χ0v) is 10.4. The molecule has 0 aliphatic rings. The Morgan fingerprint density at radius 1 is 1.47 bits per heavy atom. The Kier molecular flexibility index (Phi) is 3.14. The molecule has 6 heteroatoms. The highest BCUT2D eigenvalue weighted by molar-refractivity contribution is 9.10. The average Bonchev–Trinajstić information content (AvgIpc) is 2.80. The Morgan fingerprint density at radius 2 is 2.24 bits per heavy atom. The van der Waals surface area contributed by atoms with Gasteiger partial charge in [0.15, 0.2) is 0 Å². The van der Waals surface area contributed by atoms with Gasteiger partial charge in [-0.2, -0.15) is 0 Å². The first kappa shape index (κ1) is 11.7. The van der Waals surface area contributed by atoms with Gasteiger partial charge in [0.1, 0.15) is 17.1 Å². The minimum atomic E-state index is -0.467. The van der Waals surface area contributed by atoms with Crippen LogP contribution in [0.5, 0.6) is 5.75 Å². The summed E-state index contributed by atoms with van der Waals surface area (Å²) in [5.74, 6) is 0.852. The van der Waals surface area contributed by atoms with Crippen molar-refractivity contribution in [1.82, 2.24) is 0 Å². The smallest absolute Gasteiger partial charge is 0.285 e. The molecule has 0 unspecified atom stereocenters. The van der Waals surface area contributed by atoms with Crippen LogP contribution in [-0.2, 0) is 0 Å². The largest absolute Gasteiger partial charge is 0.496 e. The molecule has 5 nitrogen and oxygen atoms in total. The number of hydrogen-bond donors (Lipinski definition) is 0. The molecule has 0 atom stereocenters. The Balaban J connectivity index is 2.69. The van der Waals surface area contributed by atoms with E-state index in [0.29, 0.717) is 21.5 Å². The van der Waals surface area contributed by atoms with Crippen LogP contribution in [0.2, 0.25) is 0 Å². The van der Waals surface area contributed by atoms with E-state index in [1.165, 1.54) is 19.4 Å². The van der Waals surface area contributed by atoms with Crippen LogP contribution in [0.4, 0.5) is 5.69 Å². The van der Waals surface area contributed by atoms with Gasteiger partial charge in [0.2, 0.25) is 0 Å². The van der Waals surface area contributed by atoms with E-state index in [0.717, 1.165) is 0 Å². The second kappa shape index (κ2) is 4.58. The molecule has 0 radical (unpaired) electrons. The van der Waals surface area contributed by atoms with Crippen molar-refractivity contribution in [3.05, 3.63) is 45.1 Å². The molecule has 17 heavy (non-hydrogen) atoms. The van der Waals surface area contributed by atoms with Crippen molar-refractivity contribution in [1.29, 1.82) is 0 Å². The number of ether oxygens (including phenoxy) is 1. The number of nitrogens with zero attached hydrogens (tertiary/aromatic N) is 1. The van der Waals surface area contributed by atoms with E-state index in [1.807, 2.05) is 0 Å². The molecule has 0 amide bonds. The number of nitro groups is 1.